The molecule has 4 rings (SSSR count). The van der Waals surface area contributed by atoms with Crippen molar-refractivity contribution in [3.05, 3.63) is 41.7 Å². The number of nitrogens with one attached hydrogen (secondary N) is 4. The molecule has 0 unspecified atom stereocenters. The number of urea groups is 1. The minimum atomic E-state index is -0.414. The van der Waals surface area contributed by atoms with Crippen LogP contribution in [0.25, 0.3) is 0 Å². The van der Waals surface area contributed by atoms with Gasteiger partial charge in [0, 0.05) is 24.1 Å². The van der Waals surface area contributed by atoms with Crippen molar-refractivity contribution < 1.29 is 9.59 Å². The predicted molar refractivity (Wildman–Crippen MR) is 99.1 cm³/mol. The Morgan fingerprint density at radius 3 is 2.85 bits per heavy atom. The van der Waals surface area contributed by atoms with Crippen molar-refractivity contribution in [1.29, 1.82) is 0 Å². The van der Waals surface area contributed by atoms with Crippen LogP contribution < -0.4 is 16.0 Å². The maximum atomic E-state index is 12.6. The van der Waals surface area contributed by atoms with Gasteiger partial charge >= 0.3 is 6.03 Å². The van der Waals surface area contributed by atoms with E-state index in [4.69, 9.17) is 0 Å². The van der Waals surface area contributed by atoms with Crippen molar-refractivity contribution in [1.82, 2.24) is 15.5 Å². The van der Waals surface area contributed by atoms with E-state index < -0.39 is 5.41 Å². The van der Waals surface area contributed by atoms with Crippen molar-refractivity contribution in [2.24, 2.45) is 0 Å². The van der Waals surface area contributed by atoms with Gasteiger partial charge in [-0.1, -0.05) is 19.3 Å². The largest absolute Gasteiger partial charge is 0.338 e. The number of hydrogen-bond donors (Lipinski definition) is 4. The Balaban J connectivity index is 1.42. The minimum Gasteiger partial charge on any atom is -0.338 e. The number of anilines is 2. The lowest BCUT2D eigenvalue weighted by molar-refractivity contribution is -0.121. The van der Waals surface area contributed by atoms with Gasteiger partial charge < -0.3 is 16.0 Å². The van der Waals surface area contributed by atoms with Gasteiger partial charge in [0.1, 0.15) is 0 Å². The van der Waals surface area contributed by atoms with Crippen molar-refractivity contribution >= 4 is 23.3 Å². The van der Waals surface area contributed by atoms with Gasteiger partial charge in [0.15, 0.2) is 0 Å². The second-order valence-corrected chi connectivity index (χ2v) is 7.09. The third kappa shape index (κ3) is 3.05. The van der Waals surface area contributed by atoms with Gasteiger partial charge in [0.2, 0.25) is 5.91 Å². The molecule has 1 spiro atoms. The molecule has 0 atom stereocenters. The molecule has 0 radical (unpaired) electrons. The van der Waals surface area contributed by atoms with E-state index in [1.807, 2.05) is 24.4 Å². The lowest BCUT2D eigenvalue weighted by atomic mass is 9.70. The van der Waals surface area contributed by atoms with Gasteiger partial charge in [-0.15, -0.1) is 0 Å². The van der Waals surface area contributed by atoms with Crippen molar-refractivity contribution in [2.75, 3.05) is 17.2 Å². The number of carbonyl (C=O) groups excluding carboxylic acids is 2. The molecule has 2 aromatic rings. The number of H-pyrrole nitrogens is 1. The van der Waals surface area contributed by atoms with Crippen molar-refractivity contribution in [2.45, 2.75) is 43.9 Å². The molecule has 1 aromatic carbocycles. The van der Waals surface area contributed by atoms with Gasteiger partial charge in [-0.25, -0.2) is 4.79 Å². The summed E-state index contributed by atoms with van der Waals surface area (Å²) in [6.07, 6.45) is 9.36. The monoisotopic (exact) mass is 353 g/mol. The predicted octanol–water partition coefficient (Wildman–Crippen LogP) is 2.93. The first-order chi connectivity index (χ1) is 12.7. The maximum Gasteiger partial charge on any atom is 0.319 e. The number of carbonyl (C=O) groups is 2. The number of fused-ring (bicyclic) bond motifs is 2. The molecule has 1 aliphatic heterocycles. The van der Waals surface area contributed by atoms with E-state index in [1.54, 1.807) is 6.20 Å². The molecule has 136 valence electrons. The van der Waals surface area contributed by atoms with Gasteiger partial charge in [-0.05, 0) is 48.6 Å². The number of benzene rings is 1. The molecule has 1 aliphatic carbocycles. The summed E-state index contributed by atoms with van der Waals surface area (Å²) in [5, 5.41) is 15.4. The van der Waals surface area contributed by atoms with Gasteiger partial charge in [-0.3, -0.25) is 9.89 Å². The maximum absolute atomic E-state index is 12.6. The molecule has 1 aromatic heterocycles. The first-order valence-electron chi connectivity index (χ1n) is 9.16. The Hall–Kier alpha value is -2.83. The molecule has 2 heterocycles. The third-order valence-electron chi connectivity index (χ3n) is 5.44. The van der Waals surface area contributed by atoms with Crippen LogP contribution in [-0.2, 0) is 16.6 Å². The van der Waals surface area contributed by atoms with E-state index in [-0.39, 0.29) is 11.9 Å². The van der Waals surface area contributed by atoms with Crippen LogP contribution in [0.5, 0.6) is 0 Å². The zero-order chi connectivity index (χ0) is 18.0. The number of amides is 3. The molecule has 3 amide bonds. The van der Waals surface area contributed by atoms with Crippen LogP contribution >= 0.6 is 0 Å². The summed E-state index contributed by atoms with van der Waals surface area (Å²) in [6.45, 7) is 0.528. The van der Waals surface area contributed by atoms with E-state index in [0.29, 0.717) is 12.2 Å². The smallest absolute Gasteiger partial charge is 0.319 e. The second-order valence-electron chi connectivity index (χ2n) is 7.09. The fraction of sp³-hybridized carbons (Fsp3) is 0.421. The van der Waals surface area contributed by atoms with Crippen LogP contribution in [0.3, 0.4) is 0 Å². The Morgan fingerprint density at radius 1 is 1.23 bits per heavy atom. The highest BCUT2D eigenvalue weighted by atomic mass is 16.2. The van der Waals surface area contributed by atoms with Crippen LogP contribution in [0.15, 0.2) is 30.6 Å². The molecule has 7 heteroatoms. The highest BCUT2D eigenvalue weighted by Crippen LogP contribution is 2.48. The van der Waals surface area contributed by atoms with Gasteiger partial charge in [0.05, 0.1) is 11.6 Å². The van der Waals surface area contributed by atoms with Crippen molar-refractivity contribution in [3.63, 3.8) is 0 Å². The van der Waals surface area contributed by atoms with E-state index in [9.17, 15) is 9.59 Å². The fourth-order valence-corrected chi connectivity index (χ4v) is 4.05. The first kappa shape index (κ1) is 16.6. The molecule has 4 N–H and O–H groups in total. The molecular weight excluding hydrogens is 330 g/mol. The van der Waals surface area contributed by atoms with Crippen LogP contribution in [-0.4, -0.2) is 28.7 Å². The number of hydrogen-bond acceptors (Lipinski definition) is 3. The number of aromatic amines is 1. The van der Waals surface area contributed by atoms with Gasteiger partial charge in [-0.2, -0.15) is 5.10 Å². The summed E-state index contributed by atoms with van der Waals surface area (Å²) in [7, 11) is 0. The van der Waals surface area contributed by atoms with Crippen LogP contribution in [0.4, 0.5) is 16.2 Å². The molecule has 1 fully saturated rings. The molecule has 26 heavy (non-hydrogen) atoms. The average molecular weight is 353 g/mol. The lowest BCUT2D eigenvalue weighted by Crippen LogP contribution is -2.36. The molecule has 7 nitrogen and oxygen atoms in total. The Morgan fingerprint density at radius 2 is 2.08 bits per heavy atom. The zero-order valence-electron chi connectivity index (χ0n) is 14.6. The quantitative estimate of drug-likeness (QED) is 0.680. The fourth-order valence-electron chi connectivity index (χ4n) is 4.05. The molecule has 2 aliphatic rings. The highest BCUT2D eigenvalue weighted by Gasteiger charge is 2.47. The lowest BCUT2D eigenvalue weighted by Gasteiger charge is -2.31. The summed E-state index contributed by atoms with van der Waals surface area (Å²) < 4.78 is 0. The third-order valence-corrected chi connectivity index (χ3v) is 5.44. The molecule has 1 saturated carbocycles. The van der Waals surface area contributed by atoms with Gasteiger partial charge in [0.25, 0.3) is 0 Å². The second kappa shape index (κ2) is 6.82. The standard InChI is InChI=1S/C19H23N5O2/c25-17-19(7-2-1-3-8-19)15-10-14(4-5-16(15)24-17)23-18(26)20-9-6-13-11-21-22-12-13/h4-5,10-12H,1-3,6-9H2,(H,21,22)(H,24,25)(H2,20,23,26). The first-order valence-corrected chi connectivity index (χ1v) is 9.16. The zero-order valence-corrected chi connectivity index (χ0v) is 14.6. The summed E-state index contributed by atoms with van der Waals surface area (Å²) in [4.78, 5) is 24.7. The number of nitrogens with zero attached hydrogens (tertiary/aromatic N) is 1. The normalized spacial score (nSPS) is 17.6. The molecular formula is C19H23N5O2. The van der Waals surface area contributed by atoms with E-state index in [2.05, 4.69) is 26.1 Å². The van der Waals surface area contributed by atoms with E-state index in [1.165, 1.54) is 6.42 Å². The van der Waals surface area contributed by atoms with Crippen LogP contribution in [0, 0.1) is 0 Å². The topological polar surface area (TPSA) is 98.9 Å². The van der Waals surface area contributed by atoms with Crippen LogP contribution in [0.1, 0.15) is 43.2 Å². The minimum absolute atomic E-state index is 0.105. The number of aromatic nitrogens is 2. The Bertz CT molecular complexity index is 809. The molecule has 0 saturated heterocycles. The SMILES string of the molecule is O=C(NCCc1cn[nH]c1)Nc1ccc2c(c1)C1(CCCCC1)C(=O)N2. The summed E-state index contributed by atoms with van der Waals surface area (Å²) in [5.41, 5.74) is 3.25. The van der Waals surface area contributed by atoms with E-state index in [0.717, 1.165) is 48.9 Å². The van der Waals surface area contributed by atoms with Crippen molar-refractivity contribution in [3.8, 4) is 0 Å². The Kier molecular flexibility index (Phi) is 4.36. The summed E-state index contributed by atoms with van der Waals surface area (Å²) >= 11 is 0. The average Bonchev–Trinajstić information content (AvgIpc) is 3.24. The molecule has 0 bridgehead atoms. The van der Waals surface area contributed by atoms with E-state index >= 15 is 0 Å². The van der Waals surface area contributed by atoms with Crippen LogP contribution in [0.2, 0.25) is 0 Å². The Labute approximate surface area is 151 Å². The summed E-state index contributed by atoms with van der Waals surface area (Å²) in [5.74, 6) is 0.105. The summed E-state index contributed by atoms with van der Waals surface area (Å²) in [6, 6.07) is 5.42. The number of rotatable bonds is 4. The highest BCUT2D eigenvalue weighted by molar-refractivity contribution is 6.07.